The van der Waals surface area contributed by atoms with E-state index in [0.29, 0.717) is 35.3 Å². The zero-order chi connectivity index (χ0) is 18.9. The number of halogens is 2. The first-order valence-corrected chi connectivity index (χ1v) is 8.99. The summed E-state index contributed by atoms with van der Waals surface area (Å²) in [6.45, 7) is 4.01. The lowest BCUT2D eigenvalue weighted by Crippen LogP contribution is -2.28. The zero-order valence-corrected chi connectivity index (χ0v) is 15.1. The molecule has 8 heteroatoms. The van der Waals surface area contributed by atoms with Crippen molar-refractivity contribution in [2.45, 2.75) is 31.8 Å². The quantitative estimate of drug-likeness (QED) is 0.651. The van der Waals surface area contributed by atoms with Gasteiger partial charge in [0.25, 0.3) is 0 Å². The molecule has 26 heavy (non-hydrogen) atoms. The molecule has 0 saturated carbocycles. The van der Waals surface area contributed by atoms with Gasteiger partial charge in [-0.25, -0.2) is 18.7 Å². The Labute approximate surface area is 153 Å². The minimum absolute atomic E-state index is 0.0253. The second-order valence-electron chi connectivity index (χ2n) is 6.91. The predicted octanol–water partition coefficient (Wildman–Crippen LogP) is 3.64. The Morgan fingerprint density at radius 2 is 2.08 bits per heavy atom. The fraction of sp³-hybridized carbons (Fsp3) is 0.333. The van der Waals surface area contributed by atoms with Crippen molar-refractivity contribution >= 4 is 29.1 Å². The Hall–Kier alpha value is -2.35. The molecule has 0 radical (unpaired) electrons. The van der Waals surface area contributed by atoms with Crippen molar-refractivity contribution in [1.82, 2.24) is 9.97 Å². The number of Topliss-reactive ketones (excluding diaryl/α,β-unsaturated/α-hetero) is 1. The molecule has 0 unspecified atom stereocenters. The molecule has 1 N–H and O–H groups in total. The van der Waals surface area contributed by atoms with Gasteiger partial charge in [-0.1, -0.05) is 25.6 Å². The van der Waals surface area contributed by atoms with Crippen molar-refractivity contribution in [1.29, 1.82) is 0 Å². The van der Waals surface area contributed by atoms with Crippen LogP contribution in [-0.4, -0.2) is 27.4 Å². The molecule has 5 nitrogen and oxygen atoms in total. The standard InChI is InChI=1S/C18H17F2N3O2S/c1-18(2)6-14-11(15(24)7-18)8-21-17(23-14)26-9-16(25)22-13-4-3-10(19)5-12(13)20/h3-5,8H,6-7,9H2,1-2H3,(H,22,25). The summed E-state index contributed by atoms with van der Waals surface area (Å²) in [6.07, 6.45) is 2.62. The average molecular weight is 377 g/mol. The average Bonchev–Trinajstić information content (AvgIpc) is 2.54. The van der Waals surface area contributed by atoms with Gasteiger partial charge in [0.05, 0.1) is 22.7 Å². The molecule has 0 atom stereocenters. The van der Waals surface area contributed by atoms with Gasteiger partial charge in [-0.2, -0.15) is 0 Å². The Bertz CT molecular complexity index is 887. The molecule has 0 spiro atoms. The number of hydrogen-bond acceptors (Lipinski definition) is 5. The number of ketones is 1. The normalized spacial score (nSPS) is 15.5. The molecular formula is C18H17F2N3O2S. The van der Waals surface area contributed by atoms with E-state index in [0.717, 1.165) is 23.9 Å². The van der Waals surface area contributed by atoms with Gasteiger partial charge in [-0.3, -0.25) is 9.59 Å². The van der Waals surface area contributed by atoms with Gasteiger partial charge in [0.1, 0.15) is 11.6 Å². The highest BCUT2D eigenvalue weighted by Crippen LogP contribution is 2.34. The molecule has 1 aliphatic rings. The maximum Gasteiger partial charge on any atom is 0.234 e. The Morgan fingerprint density at radius 3 is 2.81 bits per heavy atom. The third-order valence-electron chi connectivity index (χ3n) is 3.97. The number of carbonyl (C=O) groups is 2. The van der Waals surface area contributed by atoms with Gasteiger partial charge >= 0.3 is 0 Å². The molecule has 1 heterocycles. The largest absolute Gasteiger partial charge is 0.323 e. The zero-order valence-electron chi connectivity index (χ0n) is 14.3. The Balaban J connectivity index is 1.65. The number of aromatic nitrogens is 2. The van der Waals surface area contributed by atoms with Crippen LogP contribution in [0.25, 0.3) is 0 Å². The lowest BCUT2D eigenvalue weighted by Gasteiger charge is -2.29. The number of benzene rings is 1. The van der Waals surface area contributed by atoms with Crippen LogP contribution in [0.1, 0.15) is 36.3 Å². The van der Waals surface area contributed by atoms with E-state index in [1.165, 1.54) is 6.20 Å². The molecule has 1 amide bonds. The first-order valence-electron chi connectivity index (χ1n) is 8.00. The van der Waals surface area contributed by atoms with Gasteiger partial charge in [-0.05, 0) is 24.0 Å². The van der Waals surface area contributed by atoms with Crippen LogP contribution in [0.5, 0.6) is 0 Å². The summed E-state index contributed by atoms with van der Waals surface area (Å²) in [7, 11) is 0. The molecule has 2 aromatic rings. The number of hydrogen-bond donors (Lipinski definition) is 1. The molecule has 136 valence electrons. The molecule has 0 fully saturated rings. The smallest absolute Gasteiger partial charge is 0.234 e. The number of fused-ring (bicyclic) bond motifs is 1. The van der Waals surface area contributed by atoms with Crippen molar-refractivity contribution in [3.8, 4) is 0 Å². The fourth-order valence-electron chi connectivity index (χ4n) is 2.79. The number of thioether (sulfide) groups is 1. The van der Waals surface area contributed by atoms with Crippen LogP contribution in [0.15, 0.2) is 29.6 Å². The van der Waals surface area contributed by atoms with Crippen LogP contribution in [0, 0.1) is 17.0 Å². The first-order chi connectivity index (χ1) is 12.2. The lowest BCUT2D eigenvalue weighted by molar-refractivity contribution is -0.113. The van der Waals surface area contributed by atoms with Crippen molar-refractivity contribution in [3.05, 3.63) is 47.3 Å². The summed E-state index contributed by atoms with van der Waals surface area (Å²) in [5.74, 6) is -2.02. The van der Waals surface area contributed by atoms with Crippen LogP contribution in [0.4, 0.5) is 14.5 Å². The van der Waals surface area contributed by atoms with Gasteiger partial charge < -0.3 is 5.32 Å². The maximum atomic E-state index is 13.6. The van der Waals surface area contributed by atoms with Gasteiger partial charge in [0.2, 0.25) is 5.91 Å². The van der Waals surface area contributed by atoms with E-state index in [9.17, 15) is 18.4 Å². The highest BCUT2D eigenvalue weighted by atomic mass is 32.2. The summed E-state index contributed by atoms with van der Waals surface area (Å²) >= 11 is 1.09. The molecule has 0 saturated heterocycles. The summed E-state index contributed by atoms with van der Waals surface area (Å²) in [4.78, 5) is 32.6. The van der Waals surface area contributed by atoms with Crippen LogP contribution in [-0.2, 0) is 11.2 Å². The minimum Gasteiger partial charge on any atom is -0.323 e. The Morgan fingerprint density at radius 1 is 1.31 bits per heavy atom. The van der Waals surface area contributed by atoms with Gasteiger partial charge in [-0.15, -0.1) is 0 Å². The summed E-state index contributed by atoms with van der Waals surface area (Å²) in [5, 5.41) is 2.76. The van der Waals surface area contributed by atoms with E-state index in [4.69, 9.17) is 0 Å². The molecule has 1 aliphatic carbocycles. The van der Waals surface area contributed by atoms with Crippen molar-refractivity contribution < 1.29 is 18.4 Å². The van der Waals surface area contributed by atoms with Crippen LogP contribution < -0.4 is 5.32 Å². The van der Waals surface area contributed by atoms with Crippen molar-refractivity contribution in [2.24, 2.45) is 5.41 Å². The number of rotatable bonds is 4. The maximum absolute atomic E-state index is 13.6. The van der Waals surface area contributed by atoms with Gasteiger partial charge in [0, 0.05) is 18.7 Å². The number of nitrogens with one attached hydrogen (secondary N) is 1. The van der Waals surface area contributed by atoms with Crippen LogP contribution in [0.2, 0.25) is 0 Å². The number of amides is 1. The van der Waals surface area contributed by atoms with E-state index in [2.05, 4.69) is 15.3 Å². The lowest BCUT2D eigenvalue weighted by atomic mass is 9.76. The Kier molecular flexibility index (Phi) is 5.04. The molecule has 1 aromatic carbocycles. The number of carbonyl (C=O) groups excluding carboxylic acids is 2. The predicted molar refractivity (Wildman–Crippen MR) is 94.2 cm³/mol. The van der Waals surface area contributed by atoms with Crippen LogP contribution in [0.3, 0.4) is 0 Å². The SMILES string of the molecule is CC1(C)CC(=O)c2cnc(SCC(=O)Nc3ccc(F)cc3F)nc2C1. The van der Waals surface area contributed by atoms with E-state index < -0.39 is 17.5 Å². The summed E-state index contributed by atoms with van der Waals surface area (Å²) in [5.41, 5.74) is 0.980. The molecular weight excluding hydrogens is 360 g/mol. The van der Waals surface area contributed by atoms with Gasteiger partial charge in [0.15, 0.2) is 10.9 Å². The van der Waals surface area contributed by atoms with E-state index in [-0.39, 0.29) is 22.6 Å². The monoisotopic (exact) mass is 377 g/mol. The first kappa shape index (κ1) is 18.4. The number of nitrogens with zero attached hydrogens (tertiary/aromatic N) is 2. The molecule has 3 rings (SSSR count). The molecule has 0 bridgehead atoms. The highest BCUT2D eigenvalue weighted by Gasteiger charge is 2.32. The van der Waals surface area contributed by atoms with Crippen LogP contribution >= 0.6 is 11.8 Å². The highest BCUT2D eigenvalue weighted by molar-refractivity contribution is 7.99. The minimum atomic E-state index is -0.839. The summed E-state index contributed by atoms with van der Waals surface area (Å²) in [6, 6.07) is 2.93. The van der Waals surface area contributed by atoms with Crippen molar-refractivity contribution in [2.75, 3.05) is 11.1 Å². The van der Waals surface area contributed by atoms with E-state index in [1.807, 2.05) is 13.8 Å². The third kappa shape index (κ3) is 4.24. The third-order valence-corrected chi connectivity index (χ3v) is 4.83. The second kappa shape index (κ2) is 7.11. The number of anilines is 1. The second-order valence-corrected chi connectivity index (χ2v) is 7.86. The summed E-state index contributed by atoms with van der Waals surface area (Å²) < 4.78 is 26.4. The molecule has 1 aromatic heterocycles. The van der Waals surface area contributed by atoms with E-state index in [1.54, 1.807) is 0 Å². The molecule has 0 aliphatic heterocycles. The fourth-order valence-corrected chi connectivity index (χ4v) is 3.42. The van der Waals surface area contributed by atoms with Crippen molar-refractivity contribution in [3.63, 3.8) is 0 Å². The van der Waals surface area contributed by atoms with E-state index >= 15 is 0 Å². The topological polar surface area (TPSA) is 72.0 Å².